The molecular weight excluding hydrogens is 334 g/mol. The summed E-state index contributed by atoms with van der Waals surface area (Å²) in [5.41, 5.74) is 0.545. The Morgan fingerprint density at radius 3 is 2.61 bits per heavy atom. The third-order valence-corrected chi connectivity index (χ3v) is 5.56. The lowest BCUT2D eigenvalue weighted by Crippen LogP contribution is -2.30. The lowest BCUT2D eigenvalue weighted by molar-refractivity contribution is -0.144. The van der Waals surface area contributed by atoms with Crippen LogP contribution < -0.4 is 4.74 Å². The first-order valence-electron chi connectivity index (χ1n) is 6.70. The van der Waals surface area contributed by atoms with Crippen molar-refractivity contribution in [2.45, 2.75) is 18.2 Å². The van der Waals surface area contributed by atoms with Crippen molar-refractivity contribution in [3.63, 3.8) is 0 Å². The van der Waals surface area contributed by atoms with Crippen molar-refractivity contribution >= 4 is 16.0 Å². The number of hydrogen-bond acceptors (Lipinski definition) is 5. The number of nitrogens with zero attached hydrogens (tertiary/aromatic N) is 2. The van der Waals surface area contributed by atoms with Crippen LogP contribution in [0.2, 0.25) is 0 Å². The van der Waals surface area contributed by atoms with E-state index >= 15 is 0 Å². The summed E-state index contributed by atoms with van der Waals surface area (Å²) < 4.78 is 57.0. The third kappa shape index (κ3) is 3.27. The second-order valence-corrected chi connectivity index (χ2v) is 7.19. The van der Waals surface area contributed by atoms with Crippen LogP contribution >= 0.6 is 0 Å². The van der Waals surface area contributed by atoms with Crippen LogP contribution in [0.25, 0.3) is 0 Å². The van der Waals surface area contributed by atoms with Gasteiger partial charge in [0.15, 0.2) is 0 Å². The molecule has 1 aliphatic heterocycles. The van der Waals surface area contributed by atoms with Gasteiger partial charge in [0.05, 0.1) is 13.0 Å². The number of aliphatic carboxylic acids is 1. The summed E-state index contributed by atoms with van der Waals surface area (Å²) in [5, 5.41) is 9.04. The molecule has 0 amide bonds. The molecule has 0 aromatic carbocycles. The molecule has 1 saturated heterocycles. The largest absolute Gasteiger partial charge is 0.481 e. The van der Waals surface area contributed by atoms with Gasteiger partial charge in [-0.1, -0.05) is 0 Å². The Balaban J connectivity index is 2.42. The Morgan fingerprint density at radius 1 is 1.48 bits per heavy atom. The minimum atomic E-state index is -4.19. The van der Waals surface area contributed by atoms with E-state index in [1.807, 2.05) is 0 Å². The second kappa shape index (κ2) is 6.36. The number of hydrogen-bond donors (Lipinski definition) is 1. The van der Waals surface area contributed by atoms with Gasteiger partial charge in [0.1, 0.15) is 4.90 Å². The number of aromatic nitrogens is 1. The number of sulfonamides is 1. The lowest BCUT2D eigenvalue weighted by atomic mass is 9.97. The van der Waals surface area contributed by atoms with Gasteiger partial charge in [-0.15, -0.1) is 0 Å². The molecule has 0 spiro atoms. The Hall–Kier alpha value is -1.81. The Labute approximate surface area is 131 Å². The number of halogens is 2. The normalized spacial score (nSPS) is 22.5. The van der Waals surface area contributed by atoms with Crippen LogP contribution in [0, 0.1) is 18.8 Å². The van der Waals surface area contributed by atoms with Gasteiger partial charge in [0, 0.05) is 25.2 Å². The molecule has 2 heterocycles. The highest BCUT2D eigenvalue weighted by molar-refractivity contribution is 7.89. The van der Waals surface area contributed by atoms with Crippen LogP contribution in [-0.4, -0.2) is 55.4 Å². The summed E-state index contributed by atoms with van der Waals surface area (Å²) in [6.07, 6.45) is -1.52. The fourth-order valence-corrected chi connectivity index (χ4v) is 4.21. The summed E-state index contributed by atoms with van der Waals surface area (Å²) in [6.45, 7) is 0.551. The van der Waals surface area contributed by atoms with Crippen LogP contribution in [-0.2, 0) is 14.8 Å². The molecular formula is C13H16F2N2O5S. The van der Waals surface area contributed by atoms with E-state index in [2.05, 4.69) is 4.98 Å². The van der Waals surface area contributed by atoms with Crippen molar-refractivity contribution in [1.29, 1.82) is 0 Å². The van der Waals surface area contributed by atoms with Crippen LogP contribution in [0.3, 0.4) is 0 Å². The lowest BCUT2D eigenvalue weighted by Gasteiger charge is -2.18. The minimum absolute atomic E-state index is 0.164. The van der Waals surface area contributed by atoms with Gasteiger partial charge in [-0.2, -0.15) is 4.31 Å². The van der Waals surface area contributed by atoms with Crippen molar-refractivity contribution in [2.75, 3.05) is 20.2 Å². The van der Waals surface area contributed by atoms with Crippen molar-refractivity contribution in [1.82, 2.24) is 9.29 Å². The predicted molar refractivity (Wildman–Crippen MR) is 74.9 cm³/mol. The summed E-state index contributed by atoms with van der Waals surface area (Å²) >= 11 is 0. The summed E-state index contributed by atoms with van der Waals surface area (Å²) in [6, 6.07) is 1.31. The van der Waals surface area contributed by atoms with E-state index in [4.69, 9.17) is 9.84 Å². The number of rotatable bonds is 5. The fourth-order valence-electron chi connectivity index (χ4n) is 2.51. The van der Waals surface area contributed by atoms with E-state index < -0.39 is 47.3 Å². The summed E-state index contributed by atoms with van der Waals surface area (Å²) in [5.74, 6) is -4.61. The van der Waals surface area contributed by atoms with Crippen molar-refractivity contribution < 1.29 is 31.8 Å². The standard InChI is InChI=1S/C13H16F2N2O5S/c1-7-3-10(12(22-2)16-4-7)23(20,21)17-5-8(11(14)15)9(6-17)13(18)19/h3-4,8-9,11H,5-6H2,1-2H3,(H,18,19)/t8-,9-/m1/s1. The Bertz CT molecular complexity index is 710. The highest BCUT2D eigenvalue weighted by Crippen LogP contribution is 2.34. The second-order valence-electron chi connectivity index (χ2n) is 5.29. The SMILES string of the molecule is COc1ncc(C)cc1S(=O)(=O)N1C[C@@H](C(=O)O)[C@H](C(F)F)C1. The molecule has 1 fully saturated rings. The molecule has 0 bridgehead atoms. The van der Waals surface area contributed by atoms with Crippen molar-refractivity contribution in [3.05, 3.63) is 17.8 Å². The number of alkyl halides is 2. The van der Waals surface area contributed by atoms with E-state index in [1.54, 1.807) is 6.92 Å². The number of aryl methyl sites for hydroxylation is 1. The predicted octanol–water partition coefficient (Wildman–Crippen LogP) is 0.985. The maximum atomic E-state index is 13.0. The Morgan fingerprint density at radius 2 is 2.13 bits per heavy atom. The van der Waals surface area contributed by atoms with E-state index in [9.17, 15) is 22.0 Å². The first kappa shape index (κ1) is 17.5. The molecule has 1 N–H and O–H groups in total. The number of pyridine rings is 1. The molecule has 7 nitrogen and oxygen atoms in total. The molecule has 0 unspecified atom stereocenters. The van der Waals surface area contributed by atoms with E-state index in [-0.39, 0.29) is 10.8 Å². The highest BCUT2D eigenvalue weighted by atomic mass is 32.2. The molecule has 1 aromatic heterocycles. The first-order chi connectivity index (χ1) is 10.7. The molecule has 0 saturated carbocycles. The maximum Gasteiger partial charge on any atom is 0.308 e. The van der Waals surface area contributed by atoms with Crippen molar-refractivity contribution in [2.24, 2.45) is 11.8 Å². The Kier molecular flexibility index (Phi) is 4.85. The molecule has 10 heteroatoms. The topological polar surface area (TPSA) is 96.8 Å². The zero-order valence-electron chi connectivity index (χ0n) is 12.4. The van der Waals surface area contributed by atoms with E-state index in [0.717, 1.165) is 4.31 Å². The zero-order chi connectivity index (χ0) is 17.4. The van der Waals surface area contributed by atoms with E-state index in [1.165, 1.54) is 19.4 Å². The maximum absolute atomic E-state index is 13.0. The highest BCUT2D eigenvalue weighted by Gasteiger charge is 2.47. The zero-order valence-corrected chi connectivity index (χ0v) is 13.3. The molecule has 128 valence electrons. The van der Waals surface area contributed by atoms with Crippen LogP contribution in [0.1, 0.15) is 5.56 Å². The van der Waals surface area contributed by atoms with Gasteiger partial charge >= 0.3 is 5.97 Å². The van der Waals surface area contributed by atoms with Gasteiger partial charge in [-0.05, 0) is 18.6 Å². The molecule has 1 aromatic rings. The van der Waals surface area contributed by atoms with Gasteiger partial charge in [-0.25, -0.2) is 22.2 Å². The number of carboxylic acids is 1. The molecule has 0 radical (unpaired) electrons. The van der Waals surface area contributed by atoms with Gasteiger partial charge in [0.2, 0.25) is 22.3 Å². The smallest absolute Gasteiger partial charge is 0.308 e. The van der Waals surface area contributed by atoms with E-state index in [0.29, 0.717) is 5.56 Å². The molecule has 2 rings (SSSR count). The monoisotopic (exact) mass is 350 g/mol. The van der Waals surface area contributed by atoms with Gasteiger partial charge in [0.25, 0.3) is 0 Å². The molecule has 2 atom stereocenters. The fraction of sp³-hybridized carbons (Fsp3) is 0.538. The van der Waals surface area contributed by atoms with Crippen LogP contribution in [0.15, 0.2) is 17.2 Å². The van der Waals surface area contributed by atoms with Gasteiger partial charge in [-0.3, -0.25) is 4.79 Å². The summed E-state index contributed by atoms with van der Waals surface area (Å²) in [4.78, 5) is 14.7. The average Bonchev–Trinajstić information content (AvgIpc) is 2.93. The number of methoxy groups -OCH3 is 1. The quantitative estimate of drug-likeness (QED) is 0.850. The molecule has 1 aliphatic rings. The first-order valence-corrected chi connectivity index (χ1v) is 8.14. The molecule has 0 aliphatic carbocycles. The summed E-state index contributed by atoms with van der Waals surface area (Å²) in [7, 11) is -2.95. The minimum Gasteiger partial charge on any atom is -0.481 e. The molecule has 23 heavy (non-hydrogen) atoms. The van der Waals surface area contributed by atoms with Crippen LogP contribution in [0.5, 0.6) is 5.88 Å². The van der Waals surface area contributed by atoms with Crippen LogP contribution in [0.4, 0.5) is 8.78 Å². The number of carbonyl (C=O) groups is 1. The number of carboxylic acid groups (broad SMARTS) is 1. The van der Waals surface area contributed by atoms with Gasteiger partial charge < -0.3 is 9.84 Å². The average molecular weight is 350 g/mol. The third-order valence-electron chi connectivity index (χ3n) is 3.74. The number of ether oxygens (including phenoxy) is 1. The van der Waals surface area contributed by atoms with Crippen molar-refractivity contribution in [3.8, 4) is 5.88 Å².